The van der Waals surface area contributed by atoms with E-state index < -0.39 is 34.2 Å². The van der Waals surface area contributed by atoms with Crippen molar-refractivity contribution in [2.45, 2.75) is 6.54 Å². The van der Waals surface area contributed by atoms with Crippen LogP contribution in [0.5, 0.6) is 5.88 Å². The molecular formula is C18H10ClF2N3O2S. The van der Waals surface area contributed by atoms with Crippen molar-refractivity contribution in [3.8, 4) is 17.0 Å². The Morgan fingerprint density at radius 2 is 1.89 bits per heavy atom. The van der Waals surface area contributed by atoms with Crippen LogP contribution >= 0.6 is 22.9 Å². The summed E-state index contributed by atoms with van der Waals surface area (Å²) in [5, 5.41) is 13.1. The molecule has 0 bridgehead atoms. The summed E-state index contributed by atoms with van der Waals surface area (Å²) in [5.74, 6) is -2.75. The van der Waals surface area contributed by atoms with E-state index in [-0.39, 0.29) is 12.2 Å². The second-order valence-corrected chi connectivity index (χ2v) is 7.37. The van der Waals surface area contributed by atoms with Gasteiger partial charge < -0.3 is 5.11 Å². The molecule has 0 aliphatic carbocycles. The molecule has 0 spiro atoms. The highest BCUT2D eigenvalue weighted by Crippen LogP contribution is 2.28. The van der Waals surface area contributed by atoms with Crippen LogP contribution in [0.25, 0.3) is 16.8 Å². The fourth-order valence-corrected chi connectivity index (χ4v) is 3.86. The normalized spacial score (nSPS) is 11.2. The lowest BCUT2D eigenvalue weighted by atomic mass is 10.1. The number of halogens is 3. The molecule has 0 atom stereocenters. The average Bonchev–Trinajstić information content (AvgIpc) is 3.06. The fourth-order valence-electron chi connectivity index (χ4n) is 2.89. The number of hydrogen-bond donors (Lipinski definition) is 0. The van der Waals surface area contributed by atoms with Crippen molar-refractivity contribution in [1.29, 1.82) is 0 Å². The predicted molar refractivity (Wildman–Crippen MR) is 94.9 cm³/mol. The molecule has 0 aliphatic heterocycles. The first-order valence-electron chi connectivity index (χ1n) is 7.76. The molecule has 0 radical (unpaired) electrons. The molecule has 5 nitrogen and oxygen atoms in total. The lowest BCUT2D eigenvalue weighted by molar-refractivity contribution is -0.707. The molecule has 0 saturated carbocycles. The van der Waals surface area contributed by atoms with Gasteiger partial charge in [0.05, 0.1) is 22.5 Å². The minimum absolute atomic E-state index is 0.0556. The average molecular weight is 406 g/mol. The standard InChI is InChI=1S/C18H10ClF2N3O2S/c19-18-22-8-10(27-18)9-24-13-6-1-2-7-23(13)16(25)15(17(24)26)14-11(20)4-3-5-12(14)21/h1-8H,9H2. The van der Waals surface area contributed by atoms with Gasteiger partial charge in [-0.05, 0) is 18.2 Å². The Kier molecular flexibility index (Phi) is 4.37. The lowest BCUT2D eigenvalue weighted by Gasteiger charge is -2.17. The van der Waals surface area contributed by atoms with Crippen molar-refractivity contribution < 1.29 is 18.5 Å². The number of hydrogen-bond acceptors (Lipinski definition) is 4. The number of nitrogens with zero attached hydrogens (tertiary/aromatic N) is 3. The van der Waals surface area contributed by atoms with Crippen LogP contribution in [0.15, 0.2) is 53.6 Å². The van der Waals surface area contributed by atoms with Crippen LogP contribution in [0.1, 0.15) is 4.88 Å². The zero-order chi connectivity index (χ0) is 19.1. The Morgan fingerprint density at radius 3 is 2.56 bits per heavy atom. The van der Waals surface area contributed by atoms with Crippen molar-refractivity contribution in [2.75, 3.05) is 0 Å². The topological polar surface area (TPSA) is 61.3 Å². The van der Waals surface area contributed by atoms with E-state index in [2.05, 4.69) is 4.98 Å². The molecule has 4 rings (SSSR count). The van der Waals surface area contributed by atoms with Crippen LogP contribution in [-0.4, -0.2) is 9.38 Å². The molecule has 0 fully saturated rings. The van der Waals surface area contributed by atoms with Crippen molar-refractivity contribution >= 4 is 28.6 Å². The van der Waals surface area contributed by atoms with Crippen LogP contribution in [0.2, 0.25) is 4.47 Å². The monoisotopic (exact) mass is 405 g/mol. The van der Waals surface area contributed by atoms with Crippen LogP contribution in [0.4, 0.5) is 8.78 Å². The molecule has 0 amide bonds. The Labute approximate surface area is 160 Å². The first-order valence-corrected chi connectivity index (χ1v) is 8.95. The summed E-state index contributed by atoms with van der Waals surface area (Å²) in [6.45, 7) is 0.0556. The number of aromatic nitrogens is 3. The molecule has 1 aromatic carbocycles. The third kappa shape index (κ3) is 2.96. The highest BCUT2D eigenvalue weighted by atomic mass is 35.5. The van der Waals surface area contributed by atoms with Crippen LogP contribution < -0.4 is 15.2 Å². The van der Waals surface area contributed by atoms with Crippen LogP contribution in [0, 0.1) is 11.6 Å². The molecule has 3 aromatic heterocycles. The van der Waals surface area contributed by atoms with Gasteiger partial charge in [-0.1, -0.05) is 23.7 Å². The Balaban J connectivity index is 2.07. The summed E-state index contributed by atoms with van der Waals surface area (Å²) in [4.78, 5) is 17.4. The Hall–Kier alpha value is -2.84. The van der Waals surface area contributed by atoms with Crippen molar-refractivity contribution in [3.63, 3.8) is 0 Å². The maximum absolute atomic E-state index is 14.3. The molecule has 3 heterocycles. The van der Waals surface area contributed by atoms with Gasteiger partial charge in [0, 0.05) is 12.3 Å². The molecule has 9 heteroatoms. The second-order valence-electron chi connectivity index (χ2n) is 5.68. The van der Waals surface area contributed by atoms with Gasteiger partial charge in [-0.3, -0.25) is 0 Å². The molecule has 4 aromatic rings. The van der Waals surface area contributed by atoms with Gasteiger partial charge in [0.1, 0.15) is 23.7 Å². The molecule has 0 unspecified atom stereocenters. The zero-order valence-electron chi connectivity index (χ0n) is 13.5. The minimum Gasteiger partial charge on any atom is -0.842 e. The summed E-state index contributed by atoms with van der Waals surface area (Å²) in [6.07, 6.45) is 2.95. The van der Waals surface area contributed by atoms with Gasteiger partial charge >= 0.3 is 5.56 Å². The Bertz CT molecular complexity index is 1220. The molecule has 0 aliphatic rings. The Morgan fingerprint density at radius 1 is 1.15 bits per heavy atom. The molecule has 0 N–H and O–H groups in total. The smallest absolute Gasteiger partial charge is 0.349 e. The summed E-state index contributed by atoms with van der Waals surface area (Å²) in [5.41, 5.74) is -1.71. The maximum Gasteiger partial charge on any atom is 0.349 e. The zero-order valence-corrected chi connectivity index (χ0v) is 15.1. The lowest BCUT2D eigenvalue weighted by Crippen LogP contribution is -2.44. The van der Waals surface area contributed by atoms with Gasteiger partial charge in [-0.15, -0.1) is 11.3 Å². The summed E-state index contributed by atoms with van der Waals surface area (Å²) < 4.78 is 31.4. The third-order valence-electron chi connectivity index (χ3n) is 4.06. The quantitative estimate of drug-likeness (QED) is 0.492. The highest BCUT2D eigenvalue weighted by Gasteiger charge is 2.24. The minimum atomic E-state index is -0.979. The van der Waals surface area contributed by atoms with Gasteiger partial charge in [-0.2, -0.15) is 4.40 Å². The summed E-state index contributed by atoms with van der Waals surface area (Å²) in [6, 6.07) is 8.01. The molecule has 27 heavy (non-hydrogen) atoms. The molecular weight excluding hydrogens is 396 g/mol. The highest BCUT2D eigenvalue weighted by molar-refractivity contribution is 7.15. The van der Waals surface area contributed by atoms with Gasteiger partial charge in [0.25, 0.3) is 5.65 Å². The maximum atomic E-state index is 14.3. The van der Waals surface area contributed by atoms with Gasteiger partial charge in [0.2, 0.25) is 0 Å². The van der Waals surface area contributed by atoms with E-state index >= 15 is 0 Å². The molecule has 136 valence electrons. The number of rotatable bonds is 3. The first-order chi connectivity index (χ1) is 13.0. The molecule has 0 saturated heterocycles. The van der Waals surface area contributed by atoms with E-state index in [9.17, 15) is 18.7 Å². The van der Waals surface area contributed by atoms with Crippen molar-refractivity contribution in [3.05, 3.63) is 80.1 Å². The third-order valence-corrected chi connectivity index (χ3v) is 5.16. The van der Waals surface area contributed by atoms with Crippen LogP contribution in [-0.2, 0) is 6.54 Å². The summed E-state index contributed by atoms with van der Waals surface area (Å²) in [7, 11) is 0. The van der Waals surface area contributed by atoms with Crippen molar-refractivity contribution in [2.24, 2.45) is 0 Å². The number of benzene rings is 1. The summed E-state index contributed by atoms with van der Waals surface area (Å²) >= 11 is 7.02. The predicted octanol–water partition coefficient (Wildman–Crippen LogP) is 2.76. The van der Waals surface area contributed by atoms with E-state index in [0.29, 0.717) is 9.34 Å². The number of pyridine rings is 1. The van der Waals surface area contributed by atoms with Crippen molar-refractivity contribution in [1.82, 2.24) is 9.38 Å². The SMILES string of the molecule is O=c1c(-c2c(F)cccc2F)c([O-])[n+](Cc2cnc(Cl)s2)c2ccccn12. The second kappa shape index (κ2) is 6.71. The van der Waals surface area contributed by atoms with E-state index in [4.69, 9.17) is 11.6 Å². The van der Waals surface area contributed by atoms with Crippen LogP contribution in [0.3, 0.4) is 0 Å². The largest absolute Gasteiger partial charge is 0.842 e. The van der Waals surface area contributed by atoms with E-state index in [1.54, 1.807) is 18.2 Å². The number of fused-ring (bicyclic) bond motifs is 1. The van der Waals surface area contributed by atoms with E-state index in [0.717, 1.165) is 12.1 Å². The van der Waals surface area contributed by atoms with E-state index in [1.165, 1.54) is 38.8 Å². The number of thiazole rings is 1. The van der Waals surface area contributed by atoms with Gasteiger partial charge in [0.15, 0.2) is 4.47 Å². The van der Waals surface area contributed by atoms with E-state index in [1.807, 2.05) is 0 Å². The first kappa shape index (κ1) is 17.6. The van der Waals surface area contributed by atoms with Gasteiger partial charge in [-0.25, -0.2) is 23.1 Å². The fraction of sp³-hybridized carbons (Fsp3) is 0.0556.